The minimum Gasteiger partial charge on any atom is -0.494 e. The van der Waals surface area contributed by atoms with Gasteiger partial charge in [-0.1, -0.05) is 0 Å². The van der Waals surface area contributed by atoms with Crippen molar-refractivity contribution in [3.8, 4) is 5.75 Å². The van der Waals surface area contributed by atoms with E-state index in [1.165, 1.54) is 12.1 Å². The molecular weight excluding hydrogens is 340 g/mol. The molecule has 132 valence electrons. The number of nitrogens with one attached hydrogen (secondary N) is 2. The van der Waals surface area contributed by atoms with Gasteiger partial charge in [0.15, 0.2) is 0 Å². The Morgan fingerprint density at radius 1 is 1.12 bits per heavy atom. The Labute approximate surface area is 147 Å². The normalized spacial score (nSPS) is 15.4. The second kappa shape index (κ2) is 6.07. The molecule has 0 aromatic heterocycles. The number of hydrogen-bond donors (Lipinski definition) is 2. The molecule has 1 heterocycles. The summed E-state index contributed by atoms with van der Waals surface area (Å²) in [7, 11) is -3.72. The van der Waals surface area contributed by atoms with Crippen molar-refractivity contribution >= 4 is 27.3 Å². The SMILES string of the molecule is CCOc1ccc(S(=O)(=O)Nc2ccc3c(c2)C(C)(C)C(=O)N3)cc1. The van der Waals surface area contributed by atoms with Crippen molar-refractivity contribution in [3.05, 3.63) is 48.0 Å². The first kappa shape index (κ1) is 17.3. The predicted octanol–water partition coefficient (Wildman–Crippen LogP) is 3.12. The molecule has 0 aliphatic carbocycles. The molecule has 3 rings (SSSR count). The number of amides is 1. The van der Waals surface area contributed by atoms with Crippen LogP contribution in [-0.2, 0) is 20.2 Å². The highest BCUT2D eigenvalue weighted by Gasteiger charge is 2.38. The second-order valence-electron chi connectivity index (χ2n) is 6.35. The molecule has 7 heteroatoms. The van der Waals surface area contributed by atoms with Crippen molar-refractivity contribution < 1.29 is 17.9 Å². The molecule has 0 atom stereocenters. The Kier molecular flexibility index (Phi) is 4.20. The monoisotopic (exact) mass is 360 g/mol. The van der Waals surface area contributed by atoms with E-state index in [1.807, 2.05) is 6.92 Å². The molecule has 0 saturated heterocycles. The van der Waals surface area contributed by atoms with Crippen LogP contribution in [0.5, 0.6) is 5.75 Å². The third-order valence-corrected chi connectivity index (χ3v) is 5.60. The van der Waals surface area contributed by atoms with Crippen molar-refractivity contribution in [3.63, 3.8) is 0 Å². The van der Waals surface area contributed by atoms with Gasteiger partial charge < -0.3 is 10.1 Å². The number of anilines is 2. The number of carbonyl (C=O) groups excluding carboxylic acids is 1. The molecule has 0 saturated carbocycles. The lowest BCUT2D eigenvalue weighted by Gasteiger charge is -2.16. The largest absolute Gasteiger partial charge is 0.494 e. The molecule has 25 heavy (non-hydrogen) atoms. The van der Waals surface area contributed by atoms with Crippen LogP contribution in [0.15, 0.2) is 47.4 Å². The summed E-state index contributed by atoms with van der Waals surface area (Å²) in [6, 6.07) is 11.3. The van der Waals surface area contributed by atoms with E-state index >= 15 is 0 Å². The number of hydrogen-bond acceptors (Lipinski definition) is 4. The molecule has 0 fully saturated rings. The fourth-order valence-corrected chi connectivity index (χ4v) is 3.78. The van der Waals surface area contributed by atoms with E-state index in [2.05, 4.69) is 10.0 Å². The van der Waals surface area contributed by atoms with E-state index in [4.69, 9.17) is 4.74 Å². The first-order chi connectivity index (χ1) is 11.7. The van der Waals surface area contributed by atoms with Gasteiger partial charge in [0.1, 0.15) is 5.75 Å². The first-order valence-corrected chi connectivity index (χ1v) is 9.44. The number of carbonyl (C=O) groups is 1. The van der Waals surface area contributed by atoms with Gasteiger partial charge >= 0.3 is 0 Å². The molecule has 2 aromatic rings. The van der Waals surface area contributed by atoms with Gasteiger partial charge in [-0.3, -0.25) is 9.52 Å². The van der Waals surface area contributed by atoms with Crippen LogP contribution in [0.3, 0.4) is 0 Å². The molecule has 6 nitrogen and oxygen atoms in total. The van der Waals surface area contributed by atoms with E-state index in [0.717, 1.165) is 5.56 Å². The van der Waals surface area contributed by atoms with E-state index in [9.17, 15) is 13.2 Å². The fourth-order valence-electron chi connectivity index (χ4n) is 2.73. The average Bonchev–Trinajstić information content (AvgIpc) is 2.78. The summed E-state index contributed by atoms with van der Waals surface area (Å²) in [6.07, 6.45) is 0. The van der Waals surface area contributed by atoms with E-state index < -0.39 is 15.4 Å². The molecule has 0 bridgehead atoms. The van der Waals surface area contributed by atoms with Crippen LogP contribution in [0.25, 0.3) is 0 Å². The van der Waals surface area contributed by atoms with Crippen molar-refractivity contribution in [2.75, 3.05) is 16.6 Å². The quantitative estimate of drug-likeness (QED) is 0.858. The first-order valence-electron chi connectivity index (χ1n) is 7.96. The minimum absolute atomic E-state index is 0.103. The zero-order valence-electron chi connectivity index (χ0n) is 14.3. The Balaban J connectivity index is 1.87. The molecular formula is C18H20N2O4S. The fraction of sp³-hybridized carbons (Fsp3) is 0.278. The van der Waals surface area contributed by atoms with Crippen LogP contribution in [-0.4, -0.2) is 20.9 Å². The average molecular weight is 360 g/mol. The van der Waals surface area contributed by atoms with Crippen molar-refractivity contribution in [1.82, 2.24) is 0 Å². The molecule has 1 aliphatic heterocycles. The van der Waals surface area contributed by atoms with Crippen LogP contribution in [0, 0.1) is 0 Å². The van der Waals surface area contributed by atoms with Gasteiger partial charge in [-0.2, -0.15) is 0 Å². The van der Waals surface area contributed by atoms with Crippen LogP contribution in [0.1, 0.15) is 26.3 Å². The molecule has 2 aromatic carbocycles. The van der Waals surface area contributed by atoms with Crippen LogP contribution < -0.4 is 14.8 Å². The summed E-state index contributed by atoms with van der Waals surface area (Å²) < 4.78 is 33.0. The minimum atomic E-state index is -3.72. The topological polar surface area (TPSA) is 84.5 Å². The molecule has 1 aliphatic rings. The summed E-state index contributed by atoms with van der Waals surface area (Å²) >= 11 is 0. The summed E-state index contributed by atoms with van der Waals surface area (Å²) in [4.78, 5) is 12.1. The Bertz CT molecular complexity index is 919. The third kappa shape index (κ3) is 3.19. The summed E-state index contributed by atoms with van der Waals surface area (Å²) in [5.41, 5.74) is 1.19. The highest BCUT2D eigenvalue weighted by Crippen LogP contribution is 2.39. The summed E-state index contributed by atoms with van der Waals surface area (Å²) in [6.45, 7) is 5.99. The molecule has 2 N–H and O–H groups in total. The number of benzene rings is 2. The van der Waals surface area contributed by atoms with E-state index in [0.29, 0.717) is 23.7 Å². The van der Waals surface area contributed by atoms with E-state index in [1.54, 1.807) is 44.2 Å². The summed E-state index contributed by atoms with van der Waals surface area (Å²) in [5, 5.41) is 2.80. The lowest BCUT2D eigenvalue weighted by molar-refractivity contribution is -0.119. The Hall–Kier alpha value is -2.54. The molecule has 0 spiro atoms. The van der Waals surface area contributed by atoms with Crippen LogP contribution in [0.2, 0.25) is 0 Å². The van der Waals surface area contributed by atoms with Crippen LogP contribution >= 0.6 is 0 Å². The van der Waals surface area contributed by atoms with Gasteiger partial charge in [-0.15, -0.1) is 0 Å². The Morgan fingerprint density at radius 3 is 2.44 bits per heavy atom. The van der Waals surface area contributed by atoms with Crippen LogP contribution in [0.4, 0.5) is 11.4 Å². The van der Waals surface area contributed by atoms with Crippen molar-refractivity contribution in [2.45, 2.75) is 31.1 Å². The maximum atomic E-state index is 12.6. The number of fused-ring (bicyclic) bond motifs is 1. The highest BCUT2D eigenvalue weighted by atomic mass is 32.2. The molecule has 0 unspecified atom stereocenters. The van der Waals surface area contributed by atoms with E-state index in [-0.39, 0.29) is 10.8 Å². The second-order valence-corrected chi connectivity index (χ2v) is 8.03. The maximum absolute atomic E-state index is 12.6. The van der Waals surface area contributed by atoms with Gasteiger partial charge in [0.05, 0.1) is 16.9 Å². The lowest BCUT2D eigenvalue weighted by Crippen LogP contribution is -2.26. The number of rotatable bonds is 5. The van der Waals surface area contributed by atoms with Gasteiger partial charge in [0.2, 0.25) is 5.91 Å². The third-order valence-electron chi connectivity index (χ3n) is 4.21. The standard InChI is InChI=1S/C18H20N2O4S/c1-4-24-13-6-8-14(9-7-13)25(22,23)20-12-5-10-16-15(11-12)18(2,3)17(21)19-16/h5-11,20H,4H2,1-3H3,(H,19,21). The molecule has 0 radical (unpaired) electrons. The van der Waals surface area contributed by atoms with Gasteiger partial charge in [0.25, 0.3) is 10.0 Å². The predicted molar refractivity (Wildman–Crippen MR) is 96.5 cm³/mol. The zero-order chi connectivity index (χ0) is 18.2. The molecule has 1 amide bonds. The zero-order valence-corrected chi connectivity index (χ0v) is 15.1. The van der Waals surface area contributed by atoms with Gasteiger partial charge in [-0.05, 0) is 68.8 Å². The smallest absolute Gasteiger partial charge is 0.261 e. The van der Waals surface area contributed by atoms with Crippen molar-refractivity contribution in [1.29, 1.82) is 0 Å². The van der Waals surface area contributed by atoms with Gasteiger partial charge in [-0.25, -0.2) is 8.42 Å². The highest BCUT2D eigenvalue weighted by molar-refractivity contribution is 7.92. The lowest BCUT2D eigenvalue weighted by atomic mass is 9.86. The number of ether oxygens (including phenoxy) is 1. The van der Waals surface area contributed by atoms with Gasteiger partial charge in [0, 0.05) is 11.4 Å². The van der Waals surface area contributed by atoms with Crippen molar-refractivity contribution in [2.24, 2.45) is 0 Å². The maximum Gasteiger partial charge on any atom is 0.261 e. The summed E-state index contributed by atoms with van der Waals surface area (Å²) in [5.74, 6) is 0.513. The number of sulfonamides is 1. The Morgan fingerprint density at radius 2 is 1.80 bits per heavy atom.